The molecule has 1 aromatic heterocycles. The molecule has 0 spiro atoms. The van der Waals surface area contributed by atoms with Gasteiger partial charge in [0.1, 0.15) is 0 Å². The smallest absolute Gasteiger partial charge is 0.319 e. The van der Waals surface area contributed by atoms with E-state index in [4.69, 9.17) is 16.3 Å². The van der Waals surface area contributed by atoms with E-state index in [0.29, 0.717) is 42.6 Å². The second-order valence-electron chi connectivity index (χ2n) is 6.79. The van der Waals surface area contributed by atoms with Crippen molar-refractivity contribution < 1.29 is 14.3 Å². The lowest BCUT2D eigenvalue weighted by molar-refractivity contribution is 0.0303. The molecule has 150 valence electrons. The SMILES string of the molecule is Cc1cc(C(C)NC(=O)Nc2ccc(C(=O)N3CCOCC3)c(Cl)c2)c(C)s1. The number of nitrogens with zero attached hydrogens (tertiary/aromatic N) is 1. The third kappa shape index (κ3) is 4.84. The zero-order valence-electron chi connectivity index (χ0n) is 16.2. The standard InChI is InChI=1S/C20H24ClN3O3S/c1-12-10-17(14(3)28-12)13(2)22-20(26)23-15-4-5-16(18(21)11-15)19(25)24-6-8-27-9-7-24/h4-5,10-11,13H,6-9H2,1-3H3,(H2,22,23,26). The summed E-state index contributed by atoms with van der Waals surface area (Å²) < 4.78 is 5.27. The second kappa shape index (κ2) is 8.94. The molecule has 1 fully saturated rings. The highest BCUT2D eigenvalue weighted by molar-refractivity contribution is 7.12. The Labute approximate surface area is 173 Å². The molecular weight excluding hydrogens is 398 g/mol. The van der Waals surface area contributed by atoms with E-state index < -0.39 is 0 Å². The first-order chi connectivity index (χ1) is 13.3. The summed E-state index contributed by atoms with van der Waals surface area (Å²) in [5.74, 6) is -0.124. The number of carbonyl (C=O) groups is 2. The molecule has 3 amide bonds. The van der Waals surface area contributed by atoms with Crippen LogP contribution in [0.2, 0.25) is 5.02 Å². The van der Waals surface area contributed by atoms with E-state index in [1.54, 1.807) is 34.4 Å². The van der Waals surface area contributed by atoms with Gasteiger partial charge in [-0.1, -0.05) is 11.6 Å². The number of amides is 3. The number of aryl methyl sites for hydroxylation is 2. The first-order valence-electron chi connectivity index (χ1n) is 9.16. The Balaban J connectivity index is 1.62. The van der Waals surface area contributed by atoms with Crippen LogP contribution in [0.5, 0.6) is 0 Å². The van der Waals surface area contributed by atoms with Crippen LogP contribution in [0, 0.1) is 13.8 Å². The summed E-state index contributed by atoms with van der Waals surface area (Å²) in [6.07, 6.45) is 0. The topological polar surface area (TPSA) is 70.7 Å². The zero-order chi connectivity index (χ0) is 20.3. The van der Waals surface area contributed by atoms with Gasteiger partial charge in [-0.3, -0.25) is 4.79 Å². The number of urea groups is 1. The quantitative estimate of drug-likeness (QED) is 0.769. The van der Waals surface area contributed by atoms with Gasteiger partial charge in [-0.05, 0) is 50.6 Å². The molecule has 1 atom stereocenters. The Bertz CT molecular complexity index is 878. The van der Waals surface area contributed by atoms with Crippen LogP contribution in [-0.2, 0) is 4.74 Å². The van der Waals surface area contributed by atoms with Gasteiger partial charge in [0.2, 0.25) is 0 Å². The average Bonchev–Trinajstić information content (AvgIpc) is 3.00. The summed E-state index contributed by atoms with van der Waals surface area (Å²) in [5.41, 5.74) is 2.07. The van der Waals surface area contributed by atoms with E-state index in [-0.39, 0.29) is 18.0 Å². The van der Waals surface area contributed by atoms with Crippen molar-refractivity contribution in [2.45, 2.75) is 26.8 Å². The van der Waals surface area contributed by atoms with E-state index in [1.165, 1.54) is 9.75 Å². The minimum atomic E-state index is -0.320. The van der Waals surface area contributed by atoms with Crippen molar-refractivity contribution in [3.05, 3.63) is 50.2 Å². The lowest BCUT2D eigenvalue weighted by Crippen LogP contribution is -2.40. The summed E-state index contributed by atoms with van der Waals surface area (Å²) in [4.78, 5) is 29.0. The molecule has 1 saturated heterocycles. The summed E-state index contributed by atoms with van der Waals surface area (Å²) in [6.45, 7) is 8.22. The zero-order valence-corrected chi connectivity index (χ0v) is 17.7. The normalized spacial score (nSPS) is 15.2. The fourth-order valence-electron chi connectivity index (χ4n) is 3.23. The van der Waals surface area contributed by atoms with Crippen LogP contribution in [0.3, 0.4) is 0 Å². The van der Waals surface area contributed by atoms with Gasteiger partial charge < -0.3 is 20.3 Å². The number of hydrogen-bond donors (Lipinski definition) is 2. The van der Waals surface area contributed by atoms with Gasteiger partial charge in [-0.15, -0.1) is 11.3 Å². The molecule has 28 heavy (non-hydrogen) atoms. The van der Waals surface area contributed by atoms with Crippen LogP contribution in [0.25, 0.3) is 0 Å². The van der Waals surface area contributed by atoms with Crippen molar-refractivity contribution in [1.82, 2.24) is 10.2 Å². The number of rotatable bonds is 4. The van der Waals surface area contributed by atoms with Crippen molar-refractivity contribution in [3.63, 3.8) is 0 Å². The number of benzene rings is 1. The molecule has 2 N–H and O–H groups in total. The molecule has 0 radical (unpaired) electrons. The number of nitrogens with one attached hydrogen (secondary N) is 2. The van der Waals surface area contributed by atoms with Gasteiger partial charge in [0.05, 0.1) is 29.8 Å². The summed E-state index contributed by atoms with van der Waals surface area (Å²) in [7, 11) is 0. The second-order valence-corrected chi connectivity index (χ2v) is 8.66. The largest absolute Gasteiger partial charge is 0.378 e. The maximum Gasteiger partial charge on any atom is 0.319 e. The predicted octanol–water partition coefficient (Wildman–Crippen LogP) is 4.37. The van der Waals surface area contributed by atoms with Gasteiger partial charge in [-0.2, -0.15) is 0 Å². The molecule has 0 aliphatic carbocycles. The monoisotopic (exact) mass is 421 g/mol. The van der Waals surface area contributed by atoms with Gasteiger partial charge in [-0.25, -0.2) is 4.79 Å². The minimum Gasteiger partial charge on any atom is -0.378 e. The van der Waals surface area contributed by atoms with Crippen LogP contribution >= 0.6 is 22.9 Å². The van der Waals surface area contributed by atoms with Crippen molar-refractivity contribution in [3.8, 4) is 0 Å². The van der Waals surface area contributed by atoms with Crippen LogP contribution in [0.1, 0.15) is 38.6 Å². The van der Waals surface area contributed by atoms with E-state index in [9.17, 15) is 9.59 Å². The maximum absolute atomic E-state index is 12.6. The van der Waals surface area contributed by atoms with E-state index in [2.05, 4.69) is 23.6 Å². The molecule has 2 heterocycles. The predicted molar refractivity (Wildman–Crippen MR) is 113 cm³/mol. The molecule has 1 unspecified atom stereocenters. The Hall–Kier alpha value is -2.09. The summed E-state index contributed by atoms with van der Waals surface area (Å²) >= 11 is 8.02. The van der Waals surface area contributed by atoms with E-state index in [0.717, 1.165) is 5.56 Å². The number of ether oxygens (including phenoxy) is 1. The van der Waals surface area contributed by atoms with Crippen LogP contribution in [-0.4, -0.2) is 43.1 Å². The van der Waals surface area contributed by atoms with Gasteiger partial charge in [0, 0.05) is 28.5 Å². The van der Waals surface area contributed by atoms with Crippen molar-refractivity contribution in [2.24, 2.45) is 0 Å². The summed E-state index contributed by atoms with van der Waals surface area (Å²) in [6, 6.07) is 6.59. The van der Waals surface area contributed by atoms with Crippen LogP contribution in [0.15, 0.2) is 24.3 Å². The highest BCUT2D eigenvalue weighted by Gasteiger charge is 2.21. The molecular formula is C20H24ClN3O3S. The molecule has 3 rings (SSSR count). The molecule has 6 nitrogen and oxygen atoms in total. The third-order valence-electron chi connectivity index (χ3n) is 4.65. The van der Waals surface area contributed by atoms with Gasteiger partial charge in [0.15, 0.2) is 0 Å². The molecule has 1 aliphatic heterocycles. The van der Waals surface area contributed by atoms with Crippen LogP contribution < -0.4 is 10.6 Å². The molecule has 1 aromatic carbocycles. The molecule has 0 saturated carbocycles. The summed E-state index contributed by atoms with van der Waals surface area (Å²) in [5, 5.41) is 6.02. The first kappa shape index (κ1) is 20.6. The number of carbonyl (C=O) groups excluding carboxylic acids is 2. The molecule has 1 aliphatic rings. The van der Waals surface area contributed by atoms with Crippen molar-refractivity contribution in [1.29, 1.82) is 0 Å². The first-order valence-corrected chi connectivity index (χ1v) is 10.4. The van der Waals surface area contributed by atoms with E-state index in [1.807, 2.05) is 13.8 Å². The fourth-order valence-corrected chi connectivity index (χ4v) is 4.51. The van der Waals surface area contributed by atoms with Crippen molar-refractivity contribution >= 4 is 40.6 Å². The number of morpholine rings is 1. The fraction of sp³-hybridized carbons (Fsp3) is 0.400. The number of hydrogen-bond acceptors (Lipinski definition) is 4. The highest BCUT2D eigenvalue weighted by atomic mass is 35.5. The Morgan fingerprint density at radius 2 is 1.93 bits per heavy atom. The average molecular weight is 422 g/mol. The molecule has 8 heteroatoms. The van der Waals surface area contributed by atoms with E-state index >= 15 is 0 Å². The van der Waals surface area contributed by atoms with Crippen LogP contribution in [0.4, 0.5) is 10.5 Å². The Morgan fingerprint density at radius 1 is 1.21 bits per heavy atom. The third-order valence-corrected chi connectivity index (χ3v) is 5.94. The number of halogens is 1. The lowest BCUT2D eigenvalue weighted by Gasteiger charge is -2.27. The molecule has 2 aromatic rings. The Morgan fingerprint density at radius 3 is 2.54 bits per heavy atom. The molecule has 0 bridgehead atoms. The van der Waals surface area contributed by atoms with Gasteiger partial charge >= 0.3 is 6.03 Å². The van der Waals surface area contributed by atoms with Crippen molar-refractivity contribution in [2.75, 3.05) is 31.6 Å². The number of anilines is 1. The highest BCUT2D eigenvalue weighted by Crippen LogP contribution is 2.26. The minimum absolute atomic E-state index is 0.109. The maximum atomic E-state index is 12.6. The Kier molecular flexibility index (Phi) is 6.59. The number of thiophene rings is 1. The van der Waals surface area contributed by atoms with Gasteiger partial charge in [0.25, 0.3) is 5.91 Å². The lowest BCUT2D eigenvalue weighted by atomic mass is 10.1.